The summed E-state index contributed by atoms with van der Waals surface area (Å²) < 4.78 is 0. The van der Waals surface area contributed by atoms with E-state index in [1.807, 2.05) is 6.20 Å². The first-order valence-corrected chi connectivity index (χ1v) is 3.86. The predicted octanol–water partition coefficient (Wildman–Crippen LogP) is 2.32. The minimum Gasteiger partial charge on any atom is -0.295 e. The second kappa shape index (κ2) is 7.19. The van der Waals surface area contributed by atoms with Gasteiger partial charge in [0.1, 0.15) is 0 Å². The van der Waals surface area contributed by atoms with Gasteiger partial charge in [0.05, 0.1) is 0 Å². The van der Waals surface area contributed by atoms with E-state index >= 15 is 0 Å². The van der Waals surface area contributed by atoms with Crippen LogP contribution in [0, 0.1) is 5.92 Å². The van der Waals surface area contributed by atoms with Gasteiger partial charge in [-0.1, -0.05) is 19.9 Å². The van der Waals surface area contributed by atoms with Crippen LogP contribution < -0.4 is 0 Å². The van der Waals surface area contributed by atoms with Crippen molar-refractivity contribution in [3.8, 4) is 0 Å². The van der Waals surface area contributed by atoms with Crippen molar-refractivity contribution in [1.82, 2.24) is 0 Å². The molecule has 0 radical (unpaired) electrons. The Kier molecular flexibility index (Phi) is 6.59. The highest BCUT2D eigenvalue weighted by Crippen LogP contribution is 1.98. The average Bonchev–Trinajstić information content (AvgIpc) is 1.96. The topological polar surface area (TPSA) is 24.7 Å². The number of allylic oxidation sites excluding steroid dienone is 1. The van der Waals surface area contributed by atoms with Gasteiger partial charge in [0.25, 0.3) is 0 Å². The molecule has 2 heteroatoms. The molecule has 0 aromatic heterocycles. The van der Waals surface area contributed by atoms with Gasteiger partial charge >= 0.3 is 0 Å². The fourth-order valence-corrected chi connectivity index (χ4v) is 0.549. The zero-order valence-electron chi connectivity index (χ0n) is 7.49. The van der Waals surface area contributed by atoms with Gasteiger partial charge in [-0.05, 0) is 12.3 Å². The Hall–Kier alpha value is -0.920. The number of rotatable bonds is 4. The van der Waals surface area contributed by atoms with E-state index in [4.69, 9.17) is 0 Å². The molecule has 0 aromatic carbocycles. The van der Waals surface area contributed by atoms with Gasteiger partial charge in [-0.3, -0.25) is 9.98 Å². The van der Waals surface area contributed by atoms with Gasteiger partial charge in [-0.2, -0.15) is 0 Å². The summed E-state index contributed by atoms with van der Waals surface area (Å²) in [5, 5.41) is 0. The first-order chi connectivity index (χ1) is 5.27. The first kappa shape index (κ1) is 10.1. The minimum absolute atomic E-state index is 0.710. The number of aliphatic imine (C=N–C) groups is 2. The molecule has 0 aliphatic heterocycles. The molecule has 0 fully saturated rings. The van der Waals surface area contributed by atoms with E-state index in [-0.39, 0.29) is 0 Å². The van der Waals surface area contributed by atoms with Crippen molar-refractivity contribution in [2.24, 2.45) is 15.9 Å². The van der Waals surface area contributed by atoms with Crippen LogP contribution in [0.15, 0.2) is 22.3 Å². The lowest BCUT2D eigenvalue weighted by molar-refractivity contribution is 0.663. The quantitative estimate of drug-likeness (QED) is 0.552. The van der Waals surface area contributed by atoms with E-state index in [1.54, 1.807) is 19.5 Å². The maximum Gasteiger partial charge on any atom is 0.0446 e. The van der Waals surface area contributed by atoms with E-state index in [0.717, 1.165) is 6.42 Å². The second-order valence-corrected chi connectivity index (χ2v) is 2.72. The zero-order chi connectivity index (χ0) is 8.53. The van der Waals surface area contributed by atoms with Crippen molar-refractivity contribution in [1.29, 1.82) is 0 Å². The van der Waals surface area contributed by atoms with Crippen molar-refractivity contribution in [2.75, 3.05) is 7.05 Å². The van der Waals surface area contributed by atoms with Gasteiger partial charge < -0.3 is 0 Å². The Morgan fingerprint density at radius 3 is 2.55 bits per heavy atom. The summed E-state index contributed by atoms with van der Waals surface area (Å²) in [6.45, 7) is 4.36. The Morgan fingerprint density at radius 2 is 2.00 bits per heavy atom. The van der Waals surface area contributed by atoms with Crippen molar-refractivity contribution in [2.45, 2.75) is 20.3 Å². The van der Waals surface area contributed by atoms with Crippen molar-refractivity contribution < 1.29 is 0 Å². The van der Waals surface area contributed by atoms with Crippen LogP contribution in [0.25, 0.3) is 0 Å². The van der Waals surface area contributed by atoms with E-state index in [1.165, 1.54) is 0 Å². The maximum absolute atomic E-state index is 3.98. The summed E-state index contributed by atoms with van der Waals surface area (Å²) in [6, 6.07) is 0. The fourth-order valence-electron chi connectivity index (χ4n) is 0.549. The van der Waals surface area contributed by atoms with Crippen molar-refractivity contribution >= 4 is 12.4 Å². The van der Waals surface area contributed by atoms with Gasteiger partial charge in [-0.25, -0.2) is 0 Å². The highest BCUT2D eigenvalue weighted by atomic mass is 14.7. The fraction of sp³-hybridized carbons (Fsp3) is 0.556. The molecule has 0 spiro atoms. The van der Waals surface area contributed by atoms with E-state index in [9.17, 15) is 0 Å². The molecule has 0 rings (SSSR count). The number of hydrogen-bond acceptors (Lipinski definition) is 2. The third-order valence-electron chi connectivity index (χ3n) is 1.10. The number of nitrogens with zero attached hydrogens (tertiary/aromatic N) is 2. The molecule has 0 atom stereocenters. The lowest BCUT2D eigenvalue weighted by atomic mass is 10.1. The molecule has 2 nitrogen and oxygen atoms in total. The Labute approximate surface area is 68.8 Å². The molecule has 0 heterocycles. The smallest absolute Gasteiger partial charge is 0.0446 e. The molecule has 11 heavy (non-hydrogen) atoms. The molecule has 0 aliphatic carbocycles. The summed E-state index contributed by atoms with van der Waals surface area (Å²) in [6.07, 6.45) is 8.30. The van der Waals surface area contributed by atoms with E-state index < -0.39 is 0 Å². The first-order valence-electron chi connectivity index (χ1n) is 3.86. The van der Waals surface area contributed by atoms with Crippen LogP contribution in [0.5, 0.6) is 0 Å². The lowest BCUT2D eigenvalue weighted by Crippen LogP contribution is -1.80. The standard InChI is InChI=1S/C9H16N2/c1-9(2)5-4-6-11-8-7-10-3/h4,6-9H,5H2,1-3H3/b6-4-,10-7-,11-8-. The maximum atomic E-state index is 3.98. The third-order valence-corrected chi connectivity index (χ3v) is 1.10. The molecular weight excluding hydrogens is 136 g/mol. The Morgan fingerprint density at radius 1 is 1.27 bits per heavy atom. The number of hydrogen-bond donors (Lipinski definition) is 0. The predicted molar refractivity (Wildman–Crippen MR) is 51.5 cm³/mol. The summed E-state index contributed by atoms with van der Waals surface area (Å²) >= 11 is 0. The van der Waals surface area contributed by atoms with Crippen LogP contribution in [0.3, 0.4) is 0 Å². The van der Waals surface area contributed by atoms with Crippen LogP contribution in [0.4, 0.5) is 0 Å². The molecule has 0 unspecified atom stereocenters. The highest BCUT2D eigenvalue weighted by Gasteiger charge is 1.84. The normalized spacial score (nSPS) is 13.1. The summed E-state index contributed by atoms with van der Waals surface area (Å²) in [4.78, 5) is 7.74. The molecule has 0 amide bonds. The largest absolute Gasteiger partial charge is 0.295 e. The van der Waals surface area contributed by atoms with Crippen molar-refractivity contribution in [3.63, 3.8) is 0 Å². The summed E-state index contributed by atoms with van der Waals surface area (Å²) in [5.74, 6) is 0.710. The van der Waals surface area contributed by atoms with Crippen LogP contribution in [0.2, 0.25) is 0 Å². The zero-order valence-corrected chi connectivity index (χ0v) is 7.49. The summed E-state index contributed by atoms with van der Waals surface area (Å²) in [7, 11) is 1.73. The van der Waals surface area contributed by atoms with Gasteiger partial charge in [-0.15, -0.1) is 0 Å². The summed E-state index contributed by atoms with van der Waals surface area (Å²) in [5.41, 5.74) is 0. The van der Waals surface area contributed by atoms with Crippen molar-refractivity contribution in [3.05, 3.63) is 12.3 Å². The highest BCUT2D eigenvalue weighted by molar-refractivity contribution is 6.16. The monoisotopic (exact) mass is 152 g/mol. The third kappa shape index (κ3) is 9.08. The lowest BCUT2D eigenvalue weighted by Gasteiger charge is -1.93. The van der Waals surface area contributed by atoms with Crippen LogP contribution in [-0.2, 0) is 0 Å². The molecule has 0 N–H and O–H groups in total. The van der Waals surface area contributed by atoms with Crippen LogP contribution in [0.1, 0.15) is 20.3 Å². The second-order valence-electron chi connectivity index (χ2n) is 2.72. The SMILES string of the molecule is C\N=C/C=N\C=C/CC(C)C. The molecule has 62 valence electrons. The molecule has 0 saturated heterocycles. The van der Waals surface area contributed by atoms with E-state index in [2.05, 4.69) is 29.9 Å². The van der Waals surface area contributed by atoms with Gasteiger partial charge in [0, 0.05) is 25.7 Å². The Bertz CT molecular complexity index is 155. The average molecular weight is 152 g/mol. The molecule has 0 aliphatic rings. The van der Waals surface area contributed by atoms with Gasteiger partial charge in [0.15, 0.2) is 0 Å². The van der Waals surface area contributed by atoms with Crippen LogP contribution in [-0.4, -0.2) is 19.5 Å². The molecule has 0 bridgehead atoms. The minimum atomic E-state index is 0.710. The Balaban J connectivity index is 3.44. The molecular formula is C9H16N2. The molecule has 0 aromatic rings. The van der Waals surface area contributed by atoms with Gasteiger partial charge in [0.2, 0.25) is 0 Å². The van der Waals surface area contributed by atoms with E-state index in [0.29, 0.717) is 5.92 Å². The molecule has 0 saturated carbocycles. The van der Waals surface area contributed by atoms with Crippen LogP contribution >= 0.6 is 0 Å².